The summed E-state index contributed by atoms with van der Waals surface area (Å²) in [6, 6.07) is 4.40. The highest BCUT2D eigenvalue weighted by molar-refractivity contribution is 7.89. The number of nitrogens with zero attached hydrogens (tertiary/aromatic N) is 3. The van der Waals surface area contributed by atoms with Gasteiger partial charge in [0.1, 0.15) is 17.3 Å². The van der Waals surface area contributed by atoms with Crippen molar-refractivity contribution in [3.8, 4) is 11.6 Å². The molecule has 43 heavy (non-hydrogen) atoms. The van der Waals surface area contributed by atoms with Gasteiger partial charge in [-0.15, -0.1) is 0 Å². The number of fused-ring (bicyclic) bond motifs is 1. The molecule has 4 N–H and O–H groups in total. The van der Waals surface area contributed by atoms with E-state index in [1.807, 2.05) is 0 Å². The average Bonchev–Trinajstić information content (AvgIpc) is 3.26. The largest absolute Gasteiger partial charge is 0.484 e. The van der Waals surface area contributed by atoms with Gasteiger partial charge in [0.25, 0.3) is 11.8 Å². The van der Waals surface area contributed by atoms with E-state index >= 15 is 4.39 Å². The van der Waals surface area contributed by atoms with E-state index in [1.165, 1.54) is 18.3 Å². The van der Waals surface area contributed by atoms with Crippen molar-refractivity contribution in [3.05, 3.63) is 70.4 Å². The van der Waals surface area contributed by atoms with E-state index in [2.05, 4.69) is 20.1 Å². The van der Waals surface area contributed by atoms with Crippen LogP contribution in [0, 0.1) is 12.7 Å². The third-order valence-electron chi connectivity index (χ3n) is 6.23. The van der Waals surface area contributed by atoms with Gasteiger partial charge in [0, 0.05) is 30.8 Å². The van der Waals surface area contributed by atoms with Gasteiger partial charge in [0.05, 0.1) is 17.0 Å². The second kappa shape index (κ2) is 11.1. The molecule has 2 amide bonds. The number of rotatable bonds is 8. The Bertz CT molecular complexity index is 1670. The van der Waals surface area contributed by atoms with E-state index < -0.39 is 99.1 Å². The van der Waals surface area contributed by atoms with Crippen molar-refractivity contribution >= 4 is 21.8 Å². The molecule has 4 rings (SSSR count). The maximum Gasteiger partial charge on any atom is 0.422 e. The summed E-state index contributed by atoms with van der Waals surface area (Å²) in [5.41, 5.74) is -5.78. The second-order valence-electron chi connectivity index (χ2n) is 9.48. The van der Waals surface area contributed by atoms with E-state index in [0.29, 0.717) is 23.8 Å². The molecule has 0 spiro atoms. The maximum absolute atomic E-state index is 15.1. The molecule has 0 saturated carbocycles. The number of carbonyl (C=O) groups is 2. The SMILES string of the molecule is Cc1ccc(-n2nc3c(c2C(=O)NCCS(N)(=O)=O)C(=O)N[C@@](c2ccc(OCC(F)(F)F)cc2F)(C(F)(F)F)C3)nc1. The summed E-state index contributed by atoms with van der Waals surface area (Å²) in [4.78, 5) is 30.5. The Labute approximate surface area is 238 Å². The van der Waals surface area contributed by atoms with Crippen molar-refractivity contribution in [1.82, 2.24) is 25.4 Å². The van der Waals surface area contributed by atoms with Crippen LogP contribution in [-0.2, 0) is 22.0 Å². The molecule has 1 aromatic carbocycles. The Kier molecular flexibility index (Phi) is 8.18. The minimum Gasteiger partial charge on any atom is -0.484 e. The Morgan fingerprint density at radius 2 is 1.88 bits per heavy atom. The Morgan fingerprint density at radius 1 is 1.19 bits per heavy atom. The Morgan fingerprint density at radius 3 is 2.44 bits per heavy atom. The molecule has 0 unspecified atom stereocenters. The fraction of sp³-hybridized carbons (Fsp3) is 0.333. The van der Waals surface area contributed by atoms with Crippen molar-refractivity contribution in [3.63, 3.8) is 0 Å². The van der Waals surface area contributed by atoms with Gasteiger partial charge in [0.2, 0.25) is 10.0 Å². The zero-order valence-electron chi connectivity index (χ0n) is 21.8. The minimum absolute atomic E-state index is 0.0978. The lowest BCUT2D eigenvalue weighted by Gasteiger charge is -2.39. The number of benzene rings is 1. The van der Waals surface area contributed by atoms with Crippen molar-refractivity contribution < 1.29 is 53.5 Å². The molecular formula is C24H21F7N6O5S. The molecule has 0 radical (unpaired) electrons. The summed E-state index contributed by atoms with van der Waals surface area (Å²) in [7, 11) is -4.02. The highest BCUT2D eigenvalue weighted by Crippen LogP contribution is 2.46. The number of amides is 2. The standard InChI is InChI=1S/C24H21F7N6O5S/c1-12-2-5-17(34-10-12)37-19(21(39)33-6-7-43(32,40)41)18-16(36-37)9-22(24(29,30)31,35-20(18)38)14-4-3-13(8-15(14)25)42-11-23(26,27)28/h2-5,8,10H,6-7,9,11H2,1H3,(H,33,39)(H,35,38)(H2,32,40,41)/t22-/m0/s1. The van der Waals surface area contributed by atoms with E-state index in [0.717, 1.165) is 4.68 Å². The minimum atomic E-state index is -5.39. The van der Waals surface area contributed by atoms with E-state index in [4.69, 9.17) is 5.14 Å². The van der Waals surface area contributed by atoms with Crippen LogP contribution in [0.4, 0.5) is 30.7 Å². The lowest BCUT2D eigenvalue weighted by atomic mass is 9.80. The number of nitrogens with two attached hydrogens (primary N) is 1. The summed E-state index contributed by atoms with van der Waals surface area (Å²) in [5.74, 6) is -5.76. The summed E-state index contributed by atoms with van der Waals surface area (Å²) < 4.78 is 124. The van der Waals surface area contributed by atoms with Crippen molar-refractivity contribution in [2.45, 2.75) is 31.2 Å². The zero-order chi connectivity index (χ0) is 32.0. The van der Waals surface area contributed by atoms with Crippen molar-refractivity contribution in [1.29, 1.82) is 0 Å². The van der Waals surface area contributed by atoms with Gasteiger partial charge < -0.3 is 15.4 Å². The molecule has 0 fully saturated rings. The van der Waals surface area contributed by atoms with Gasteiger partial charge >= 0.3 is 12.4 Å². The molecule has 1 aliphatic heterocycles. The molecule has 11 nitrogen and oxygen atoms in total. The molecule has 0 bridgehead atoms. The highest BCUT2D eigenvalue weighted by Gasteiger charge is 2.61. The predicted molar refractivity (Wildman–Crippen MR) is 133 cm³/mol. The number of ether oxygens (including phenoxy) is 1. The van der Waals surface area contributed by atoms with Crippen LogP contribution in [0.15, 0.2) is 36.5 Å². The summed E-state index contributed by atoms with van der Waals surface area (Å²) in [6.07, 6.45) is -10.1. The molecule has 1 atom stereocenters. The number of carbonyl (C=O) groups excluding carboxylic acids is 2. The number of primary sulfonamides is 1. The molecular weight excluding hydrogens is 617 g/mol. The Balaban J connectivity index is 1.82. The first-order valence-corrected chi connectivity index (χ1v) is 13.8. The first-order valence-electron chi connectivity index (χ1n) is 12.0. The van der Waals surface area contributed by atoms with Crippen molar-refractivity contribution in [2.75, 3.05) is 18.9 Å². The smallest absolute Gasteiger partial charge is 0.422 e. The lowest BCUT2D eigenvalue weighted by Crippen LogP contribution is -2.60. The van der Waals surface area contributed by atoms with Crippen LogP contribution in [0.5, 0.6) is 5.75 Å². The number of aromatic nitrogens is 3. The predicted octanol–water partition coefficient (Wildman–Crippen LogP) is 2.42. The van der Waals surface area contributed by atoms with E-state index in [9.17, 15) is 44.3 Å². The maximum atomic E-state index is 15.1. The number of alkyl halides is 6. The summed E-state index contributed by atoms with van der Waals surface area (Å²) in [6.45, 7) is -0.686. The quantitative estimate of drug-likeness (QED) is 0.320. The first kappa shape index (κ1) is 31.7. The number of hydrogen-bond donors (Lipinski definition) is 3. The molecule has 0 saturated heterocycles. The molecule has 3 heterocycles. The molecule has 3 aromatic rings. The molecule has 232 valence electrons. The molecule has 19 heteroatoms. The van der Waals surface area contributed by atoms with Gasteiger partial charge in [-0.25, -0.2) is 27.6 Å². The number of aryl methyl sites for hydroxylation is 1. The van der Waals surface area contributed by atoms with Crippen LogP contribution < -0.4 is 20.5 Å². The first-order chi connectivity index (χ1) is 19.8. The average molecular weight is 639 g/mol. The van der Waals surface area contributed by atoms with Gasteiger partial charge in [0.15, 0.2) is 18.0 Å². The van der Waals surface area contributed by atoms with Crippen LogP contribution in [0.2, 0.25) is 0 Å². The second-order valence-corrected chi connectivity index (χ2v) is 11.2. The van der Waals surface area contributed by atoms with Gasteiger partial charge in [-0.1, -0.05) is 6.07 Å². The third kappa shape index (κ3) is 6.71. The molecule has 0 aliphatic carbocycles. The lowest BCUT2D eigenvalue weighted by molar-refractivity contribution is -0.199. The fourth-order valence-electron chi connectivity index (χ4n) is 4.31. The fourth-order valence-corrected chi connectivity index (χ4v) is 4.70. The monoisotopic (exact) mass is 638 g/mol. The number of hydrogen-bond acceptors (Lipinski definition) is 7. The highest BCUT2D eigenvalue weighted by atomic mass is 32.2. The zero-order valence-corrected chi connectivity index (χ0v) is 22.6. The van der Waals surface area contributed by atoms with Crippen LogP contribution in [0.1, 0.15) is 37.7 Å². The van der Waals surface area contributed by atoms with Gasteiger partial charge in [-0.2, -0.15) is 31.4 Å². The normalized spacial score (nSPS) is 17.3. The number of pyridine rings is 1. The van der Waals surface area contributed by atoms with Gasteiger partial charge in [-0.05, 0) is 30.7 Å². The number of sulfonamides is 1. The molecule has 2 aromatic heterocycles. The van der Waals surface area contributed by atoms with Crippen LogP contribution in [-0.4, -0.2) is 66.3 Å². The number of nitrogens with one attached hydrogen (secondary N) is 2. The summed E-state index contributed by atoms with van der Waals surface area (Å²) >= 11 is 0. The van der Waals surface area contributed by atoms with Crippen LogP contribution >= 0.6 is 0 Å². The third-order valence-corrected chi connectivity index (χ3v) is 7.00. The van der Waals surface area contributed by atoms with Crippen molar-refractivity contribution in [2.24, 2.45) is 5.14 Å². The number of halogens is 7. The molecule has 1 aliphatic rings. The summed E-state index contributed by atoms with van der Waals surface area (Å²) in [5, 5.41) is 12.9. The Hall–Kier alpha value is -4.26. The van der Waals surface area contributed by atoms with E-state index in [1.54, 1.807) is 12.2 Å². The van der Waals surface area contributed by atoms with Crippen LogP contribution in [0.25, 0.3) is 5.82 Å². The van der Waals surface area contributed by atoms with E-state index in [-0.39, 0.29) is 5.82 Å². The van der Waals surface area contributed by atoms with Crippen LogP contribution in [0.3, 0.4) is 0 Å². The topological polar surface area (TPSA) is 158 Å². The van der Waals surface area contributed by atoms with Gasteiger partial charge in [-0.3, -0.25) is 9.59 Å².